The van der Waals surface area contributed by atoms with E-state index >= 15 is 0 Å². The summed E-state index contributed by atoms with van der Waals surface area (Å²) < 4.78 is 27.0. The first kappa shape index (κ1) is 12.4. The summed E-state index contributed by atoms with van der Waals surface area (Å²) in [4.78, 5) is 0. The van der Waals surface area contributed by atoms with Crippen molar-refractivity contribution >= 4 is 10.2 Å². The van der Waals surface area contributed by atoms with Gasteiger partial charge in [-0.15, -0.1) is 0 Å². The van der Waals surface area contributed by atoms with Crippen molar-refractivity contribution in [2.24, 2.45) is 0 Å². The molecule has 0 aromatic rings. The molecule has 0 amide bonds. The van der Waals surface area contributed by atoms with Gasteiger partial charge in [0.25, 0.3) is 10.2 Å². The van der Waals surface area contributed by atoms with E-state index in [0.29, 0.717) is 0 Å². The van der Waals surface area contributed by atoms with E-state index in [2.05, 4.69) is 9.44 Å². The van der Waals surface area contributed by atoms with Gasteiger partial charge in [-0.1, -0.05) is 0 Å². The maximum Gasteiger partial charge on any atom is 0.278 e. The lowest BCUT2D eigenvalue weighted by atomic mass is 10.1. The van der Waals surface area contributed by atoms with Crippen LogP contribution >= 0.6 is 0 Å². The topological polar surface area (TPSA) is 82.0 Å². The Balaban J connectivity index is 4.46. The fourth-order valence-corrected chi connectivity index (χ4v) is 2.10. The Labute approximate surface area is 79.3 Å². The molecular weight excluding hydrogens is 190 g/mol. The summed E-state index contributed by atoms with van der Waals surface area (Å²) in [6.07, 6.45) is 0. The van der Waals surface area contributed by atoms with Crippen molar-refractivity contribution in [3.8, 4) is 6.07 Å². The second-order valence-electron chi connectivity index (χ2n) is 3.61. The molecule has 0 saturated heterocycles. The second-order valence-corrected chi connectivity index (χ2v) is 5.06. The molecule has 2 N–H and O–H groups in total. The van der Waals surface area contributed by atoms with Crippen LogP contribution in [0.4, 0.5) is 0 Å². The molecule has 0 aromatic heterocycles. The average molecular weight is 205 g/mol. The highest BCUT2D eigenvalue weighted by Crippen LogP contribution is 2.00. The van der Waals surface area contributed by atoms with E-state index in [1.807, 2.05) is 6.07 Å². The van der Waals surface area contributed by atoms with Gasteiger partial charge in [0, 0.05) is 6.04 Å². The molecule has 0 aromatic carbocycles. The van der Waals surface area contributed by atoms with Gasteiger partial charge in [-0.2, -0.15) is 23.1 Å². The van der Waals surface area contributed by atoms with E-state index < -0.39 is 15.7 Å². The van der Waals surface area contributed by atoms with Gasteiger partial charge in [-0.25, -0.2) is 0 Å². The monoisotopic (exact) mass is 205 g/mol. The normalized spacial score (nSPS) is 12.9. The number of nitrogens with one attached hydrogen (secondary N) is 2. The Morgan fingerprint density at radius 3 is 2.15 bits per heavy atom. The first-order valence-electron chi connectivity index (χ1n) is 3.91. The quantitative estimate of drug-likeness (QED) is 0.684. The molecule has 0 rings (SSSR count). The summed E-state index contributed by atoms with van der Waals surface area (Å²) in [6.45, 7) is 6.40. The Hall–Kier alpha value is -0.640. The van der Waals surface area contributed by atoms with Crippen molar-refractivity contribution in [2.45, 2.75) is 39.3 Å². The molecule has 0 bridgehead atoms. The molecule has 13 heavy (non-hydrogen) atoms. The highest BCUT2D eigenvalue weighted by Gasteiger charge is 2.24. The molecule has 0 atom stereocenters. The van der Waals surface area contributed by atoms with Crippen LogP contribution in [0.5, 0.6) is 0 Å². The minimum atomic E-state index is -3.57. The first-order valence-corrected chi connectivity index (χ1v) is 5.39. The SMILES string of the molecule is CC(C)NS(=O)(=O)NC(C)(C)C#N. The van der Waals surface area contributed by atoms with Crippen LogP contribution in [0.2, 0.25) is 0 Å². The van der Waals surface area contributed by atoms with E-state index in [4.69, 9.17) is 5.26 Å². The highest BCUT2D eigenvalue weighted by atomic mass is 32.2. The van der Waals surface area contributed by atoms with Gasteiger partial charge >= 0.3 is 0 Å². The molecule has 0 unspecified atom stereocenters. The van der Waals surface area contributed by atoms with Crippen molar-refractivity contribution in [2.75, 3.05) is 0 Å². The third-order valence-electron chi connectivity index (χ3n) is 1.06. The fourth-order valence-electron chi connectivity index (χ4n) is 0.698. The molecule has 76 valence electrons. The molecule has 6 heteroatoms. The lowest BCUT2D eigenvalue weighted by molar-refractivity contribution is 0.516. The number of rotatable bonds is 4. The summed E-state index contributed by atoms with van der Waals surface area (Å²) >= 11 is 0. The lowest BCUT2D eigenvalue weighted by Gasteiger charge is -2.18. The summed E-state index contributed by atoms with van der Waals surface area (Å²) in [5, 5.41) is 8.59. The van der Waals surface area contributed by atoms with Crippen molar-refractivity contribution < 1.29 is 8.42 Å². The maximum atomic E-state index is 11.2. The van der Waals surface area contributed by atoms with Crippen molar-refractivity contribution in [3.05, 3.63) is 0 Å². The Bertz CT molecular complexity index is 300. The number of hydrogen-bond donors (Lipinski definition) is 2. The van der Waals surface area contributed by atoms with E-state index in [-0.39, 0.29) is 6.04 Å². The molecular formula is C7H15N3O2S. The van der Waals surface area contributed by atoms with E-state index in [1.54, 1.807) is 13.8 Å². The Morgan fingerprint density at radius 2 is 1.85 bits per heavy atom. The molecule has 0 aliphatic rings. The molecule has 0 radical (unpaired) electrons. The molecule has 5 nitrogen and oxygen atoms in total. The second kappa shape index (κ2) is 4.05. The molecule has 0 aliphatic heterocycles. The zero-order chi connectivity index (χ0) is 10.7. The third-order valence-corrected chi connectivity index (χ3v) is 2.62. The predicted molar refractivity (Wildman–Crippen MR) is 50.0 cm³/mol. The lowest BCUT2D eigenvalue weighted by Crippen LogP contribution is -2.49. The summed E-state index contributed by atoms with van der Waals surface area (Å²) in [5.41, 5.74) is -1.08. The molecule has 0 aliphatic carbocycles. The fraction of sp³-hybridized carbons (Fsp3) is 0.857. The zero-order valence-corrected chi connectivity index (χ0v) is 9.07. The van der Waals surface area contributed by atoms with E-state index in [1.165, 1.54) is 13.8 Å². The van der Waals surface area contributed by atoms with Gasteiger partial charge in [0.2, 0.25) is 0 Å². The van der Waals surface area contributed by atoms with Crippen LogP contribution in [0.15, 0.2) is 0 Å². The van der Waals surface area contributed by atoms with Crippen molar-refractivity contribution in [3.63, 3.8) is 0 Å². The summed E-state index contributed by atoms with van der Waals surface area (Å²) in [6, 6.07) is 1.65. The van der Waals surface area contributed by atoms with Crippen LogP contribution in [-0.2, 0) is 10.2 Å². The van der Waals surface area contributed by atoms with Crippen LogP contribution < -0.4 is 9.44 Å². The van der Waals surface area contributed by atoms with Crippen molar-refractivity contribution in [1.29, 1.82) is 5.26 Å². The molecule has 0 spiro atoms. The predicted octanol–water partition coefficient (Wildman–Crippen LogP) is 0.121. The standard InChI is InChI=1S/C7H15N3O2S/c1-6(2)9-13(11,12)10-7(3,4)5-8/h6,9-10H,1-4H3. The number of nitriles is 1. The van der Waals surface area contributed by atoms with Gasteiger partial charge in [0.15, 0.2) is 0 Å². The first-order chi connectivity index (χ1) is 5.68. The van der Waals surface area contributed by atoms with Gasteiger partial charge in [-0.05, 0) is 27.7 Å². The molecule has 0 heterocycles. The largest absolute Gasteiger partial charge is 0.278 e. The summed E-state index contributed by atoms with van der Waals surface area (Å²) in [7, 11) is -3.57. The Kier molecular flexibility index (Phi) is 3.85. The smallest absolute Gasteiger partial charge is 0.200 e. The van der Waals surface area contributed by atoms with Gasteiger partial charge in [-0.3, -0.25) is 0 Å². The molecule has 0 saturated carbocycles. The minimum absolute atomic E-state index is 0.188. The third kappa shape index (κ3) is 5.58. The van der Waals surface area contributed by atoms with E-state index in [9.17, 15) is 8.42 Å². The van der Waals surface area contributed by atoms with Crippen LogP contribution in [0.3, 0.4) is 0 Å². The summed E-state index contributed by atoms with van der Waals surface area (Å²) in [5.74, 6) is 0. The maximum absolute atomic E-state index is 11.2. The molecule has 0 fully saturated rings. The minimum Gasteiger partial charge on any atom is -0.200 e. The zero-order valence-electron chi connectivity index (χ0n) is 8.25. The average Bonchev–Trinajstić information content (AvgIpc) is 1.81. The van der Waals surface area contributed by atoms with Gasteiger partial charge in [0.1, 0.15) is 5.54 Å². The van der Waals surface area contributed by atoms with Crippen molar-refractivity contribution in [1.82, 2.24) is 9.44 Å². The number of hydrogen-bond acceptors (Lipinski definition) is 3. The highest BCUT2D eigenvalue weighted by molar-refractivity contribution is 7.87. The van der Waals surface area contributed by atoms with Crippen LogP contribution in [-0.4, -0.2) is 20.0 Å². The van der Waals surface area contributed by atoms with Crippen LogP contribution in [0.25, 0.3) is 0 Å². The van der Waals surface area contributed by atoms with Gasteiger partial charge < -0.3 is 0 Å². The number of nitrogens with zero attached hydrogens (tertiary/aromatic N) is 1. The van der Waals surface area contributed by atoms with Gasteiger partial charge in [0.05, 0.1) is 6.07 Å². The van der Waals surface area contributed by atoms with Crippen LogP contribution in [0.1, 0.15) is 27.7 Å². The Morgan fingerprint density at radius 1 is 1.38 bits per heavy atom. The van der Waals surface area contributed by atoms with E-state index in [0.717, 1.165) is 0 Å². The van der Waals surface area contributed by atoms with Crippen LogP contribution in [0, 0.1) is 11.3 Å².